The number of aryl methyl sites for hydroxylation is 1. The molecule has 0 amide bonds. The van der Waals surface area contributed by atoms with E-state index in [1.165, 1.54) is 29.2 Å². The van der Waals surface area contributed by atoms with E-state index in [1.807, 2.05) is 13.0 Å². The van der Waals surface area contributed by atoms with E-state index in [1.54, 1.807) is 12.1 Å². The van der Waals surface area contributed by atoms with Crippen LogP contribution in [0.5, 0.6) is 5.75 Å². The first-order valence-electron chi connectivity index (χ1n) is 13.3. The fourth-order valence-corrected chi connectivity index (χ4v) is 5.83. The van der Waals surface area contributed by atoms with Crippen LogP contribution in [0.15, 0.2) is 71.2 Å². The van der Waals surface area contributed by atoms with Crippen molar-refractivity contribution in [1.29, 1.82) is 0 Å². The number of hydrogen-bond acceptors (Lipinski definition) is 3. The number of ether oxygens (including phenoxy) is 1. The molecule has 1 saturated heterocycles. The number of likely N-dealkylation sites (tertiary alicyclic amines) is 1. The molecule has 0 aliphatic carbocycles. The molecule has 3 aromatic carbocycles. The maximum Gasteiger partial charge on any atom is 0.573 e. The maximum absolute atomic E-state index is 14.0. The van der Waals surface area contributed by atoms with Gasteiger partial charge in [-0.3, -0.25) is 9.69 Å². The Bertz CT molecular complexity index is 1380. The Balaban J connectivity index is 1.41. The number of ketones is 1. The van der Waals surface area contributed by atoms with Crippen LogP contribution in [0.2, 0.25) is 0 Å². The summed E-state index contributed by atoms with van der Waals surface area (Å²) in [6.07, 6.45) is -7.24. The molecular weight excluding hydrogens is 631 g/mol. The van der Waals surface area contributed by atoms with E-state index < -0.39 is 24.4 Å². The molecule has 1 unspecified atom stereocenters. The van der Waals surface area contributed by atoms with E-state index in [9.17, 15) is 35.5 Å². The van der Waals surface area contributed by atoms with Gasteiger partial charge in [0.2, 0.25) is 0 Å². The number of piperidine rings is 1. The van der Waals surface area contributed by atoms with Gasteiger partial charge in [-0.2, -0.15) is 13.2 Å². The molecule has 1 aliphatic rings. The zero-order valence-electron chi connectivity index (χ0n) is 22.7. The molecule has 1 aliphatic heterocycles. The minimum atomic E-state index is -4.81. The monoisotopic (exact) mass is 659 g/mol. The molecule has 1 heterocycles. The predicted molar refractivity (Wildman–Crippen MR) is 148 cm³/mol. The Hall–Kier alpha value is -2.92. The molecule has 0 N–H and O–H groups in total. The van der Waals surface area contributed by atoms with E-state index in [2.05, 4.69) is 20.7 Å². The third-order valence-electron chi connectivity index (χ3n) is 7.73. The van der Waals surface area contributed by atoms with Crippen LogP contribution in [0.25, 0.3) is 0 Å². The first kappa shape index (κ1) is 32.0. The summed E-state index contributed by atoms with van der Waals surface area (Å²) in [6.45, 7) is 2.41. The molecule has 1 fully saturated rings. The smallest absolute Gasteiger partial charge is 0.406 e. The number of carbonyl (C=O) groups is 1. The first-order chi connectivity index (χ1) is 19.6. The van der Waals surface area contributed by atoms with Crippen molar-refractivity contribution in [1.82, 2.24) is 4.90 Å². The number of benzene rings is 3. The summed E-state index contributed by atoms with van der Waals surface area (Å²) in [5, 5.41) is 0. The van der Waals surface area contributed by atoms with E-state index in [0.717, 1.165) is 34.3 Å². The van der Waals surface area contributed by atoms with E-state index >= 15 is 0 Å². The number of carbonyl (C=O) groups excluding carboxylic acids is 1. The van der Waals surface area contributed by atoms with Crippen molar-refractivity contribution in [2.24, 2.45) is 5.41 Å². The molecule has 0 spiro atoms. The van der Waals surface area contributed by atoms with Crippen molar-refractivity contribution in [2.45, 2.75) is 57.6 Å². The number of halogens is 8. The quantitative estimate of drug-likeness (QED) is 0.169. The van der Waals surface area contributed by atoms with Crippen LogP contribution in [0.3, 0.4) is 0 Å². The van der Waals surface area contributed by atoms with Gasteiger partial charge in [0.05, 0.1) is 0 Å². The number of alkyl halides is 6. The maximum atomic E-state index is 14.0. The number of rotatable bonds is 9. The third-order valence-corrected chi connectivity index (χ3v) is 8.23. The van der Waals surface area contributed by atoms with Gasteiger partial charge in [-0.05, 0) is 97.3 Å². The summed E-state index contributed by atoms with van der Waals surface area (Å²) in [6, 6.07) is 13.1. The molecule has 1 atom stereocenters. The molecule has 4 rings (SSSR count). The first-order valence-corrected chi connectivity index (χ1v) is 14.1. The molecule has 0 saturated carbocycles. The summed E-state index contributed by atoms with van der Waals surface area (Å²) in [5.74, 6) is -1.29. The lowest BCUT2D eigenvalue weighted by molar-refractivity contribution is -0.274. The summed E-state index contributed by atoms with van der Waals surface area (Å²) in [5.41, 5.74) is 1.40. The van der Waals surface area contributed by atoms with Gasteiger partial charge in [0, 0.05) is 16.5 Å². The second kappa shape index (κ2) is 12.8. The highest BCUT2D eigenvalue weighted by Crippen LogP contribution is 2.43. The largest absolute Gasteiger partial charge is 0.573 e. The van der Waals surface area contributed by atoms with E-state index in [0.29, 0.717) is 36.8 Å². The highest BCUT2D eigenvalue weighted by molar-refractivity contribution is 9.10. The number of hydrogen-bond donors (Lipinski definition) is 0. The van der Waals surface area contributed by atoms with Gasteiger partial charge in [0.25, 0.3) is 0 Å². The van der Waals surface area contributed by atoms with Gasteiger partial charge < -0.3 is 4.74 Å². The molecule has 226 valence electrons. The minimum Gasteiger partial charge on any atom is -0.406 e. The Morgan fingerprint density at radius 3 is 2.24 bits per heavy atom. The standard InChI is InChI=1S/C31H29BrF7NO2/c1-29(13-15-40(16-14-29)28(30(34,35)36)22-3-2-4-24(33)19-22)12-11-21-18-23(32)7-10-26(21)27(41)17-20-5-8-25(9-6-20)42-31(37,38)39/h2-10,18-19,28H,11-17H2,1H3. The van der Waals surface area contributed by atoms with Crippen molar-refractivity contribution in [3.63, 3.8) is 0 Å². The fraction of sp³-hybridized carbons (Fsp3) is 0.387. The molecule has 11 heteroatoms. The lowest BCUT2D eigenvalue weighted by atomic mass is 9.75. The summed E-state index contributed by atoms with van der Waals surface area (Å²) >= 11 is 3.44. The summed E-state index contributed by atoms with van der Waals surface area (Å²) < 4.78 is 97.8. The minimum absolute atomic E-state index is 0.0218. The molecule has 42 heavy (non-hydrogen) atoms. The molecule has 0 aromatic heterocycles. The van der Waals surface area contributed by atoms with Gasteiger partial charge in [0.15, 0.2) is 5.78 Å². The zero-order valence-corrected chi connectivity index (χ0v) is 24.3. The number of Topliss-reactive ketones (excluding diaryl/α,β-unsaturated/α-hetero) is 1. The Morgan fingerprint density at radius 2 is 1.64 bits per heavy atom. The molecular formula is C31H29BrF7NO2. The normalized spacial score (nSPS) is 16.7. The van der Waals surface area contributed by atoms with Crippen LogP contribution >= 0.6 is 15.9 Å². The van der Waals surface area contributed by atoms with Gasteiger partial charge in [-0.15, -0.1) is 13.2 Å². The second-order valence-electron chi connectivity index (χ2n) is 10.9. The van der Waals surface area contributed by atoms with Crippen molar-refractivity contribution < 1.29 is 40.3 Å². The van der Waals surface area contributed by atoms with Crippen LogP contribution in [0, 0.1) is 11.2 Å². The van der Waals surface area contributed by atoms with Gasteiger partial charge in [-0.1, -0.05) is 53.2 Å². The number of nitrogens with zero attached hydrogens (tertiary/aromatic N) is 1. The molecule has 0 bridgehead atoms. The average Bonchev–Trinajstić information content (AvgIpc) is 2.89. The molecule has 3 aromatic rings. The van der Waals surface area contributed by atoms with Crippen molar-refractivity contribution >= 4 is 21.7 Å². The lowest BCUT2D eigenvalue weighted by Crippen LogP contribution is -2.45. The zero-order chi connectivity index (χ0) is 30.7. The molecule has 0 radical (unpaired) electrons. The van der Waals surface area contributed by atoms with Gasteiger partial charge >= 0.3 is 12.5 Å². The Kier molecular flexibility index (Phi) is 9.72. The fourth-order valence-electron chi connectivity index (χ4n) is 5.42. The van der Waals surface area contributed by atoms with Crippen LogP contribution in [0.1, 0.15) is 59.3 Å². The van der Waals surface area contributed by atoms with Crippen molar-refractivity contribution in [3.05, 3.63) is 99.3 Å². The van der Waals surface area contributed by atoms with Crippen molar-refractivity contribution in [2.75, 3.05) is 13.1 Å². The summed E-state index contributed by atoms with van der Waals surface area (Å²) in [7, 11) is 0. The van der Waals surface area contributed by atoms with E-state index in [-0.39, 0.29) is 42.0 Å². The van der Waals surface area contributed by atoms with Crippen LogP contribution in [0.4, 0.5) is 30.7 Å². The average molecular weight is 660 g/mol. The highest BCUT2D eigenvalue weighted by atomic mass is 79.9. The highest BCUT2D eigenvalue weighted by Gasteiger charge is 2.46. The van der Waals surface area contributed by atoms with Crippen LogP contribution in [-0.2, 0) is 12.8 Å². The Morgan fingerprint density at radius 1 is 0.976 bits per heavy atom. The third kappa shape index (κ3) is 8.56. The topological polar surface area (TPSA) is 29.5 Å². The SMILES string of the molecule is CC1(CCc2cc(Br)ccc2C(=O)Cc2ccc(OC(F)(F)F)cc2)CCN(C(c2cccc(F)c2)C(F)(F)F)CC1. The second-order valence-corrected chi connectivity index (χ2v) is 11.9. The summed E-state index contributed by atoms with van der Waals surface area (Å²) in [4.78, 5) is 14.6. The predicted octanol–water partition coefficient (Wildman–Crippen LogP) is 9.25. The lowest BCUT2D eigenvalue weighted by Gasteiger charge is -2.43. The molecule has 3 nitrogen and oxygen atoms in total. The van der Waals surface area contributed by atoms with Crippen molar-refractivity contribution in [3.8, 4) is 5.75 Å². The Labute approximate surface area is 247 Å². The van der Waals surface area contributed by atoms with Crippen LogP contribution in [-0.4, -0.2) is 36.3 Å². The van der Waals surface area contributed by atoms with Crippen LogP contribution < -0.4 is 4.74 Å². The van der Waals surface area contributed by atoms with Gasteiger partial charge in [0.1, 0.15) is 17.6 Å². The van der Waals surface area contributed by atoms with Gasteiger partial charge in [-0.25, -0.2) is 4.39 Å². The van der Waals surface area contributed by atoms with E-state index in [4.69, 9.17) is 0 Å².